The van der Waals surface area contributed by atoms with E-state index in [-0.39, 0.29) is 26.1 Å². The molecule has 0 aliphatic heterocycles. The smallest absolute Gasteiger partial charge is 0.338 e. The Kier molecular flexibility index (Phi) is 20.3. The quantitative estimate of drug-likeness (QED) is 0.101. The van der Waals surface area contributed by atoms with Crippen molar-refractivity contribution in [2.75, 3.05) is 13.2 Å². The summed E-state index contributed by atoms with van der Waals surface area (Å²) in [7, 11) is 0. The molecule has 0 radical (unpaired) electrons. The molecule has 0 spiro atoms. The van der Waals surface area contributed by atoms with Gasteiger partial charge in [0.15, 0.2) is 0 Å². The molecule has 6 heteroatoms. The lowest BCUT2D eigenvalue weighted by Crippen LogP contribution is -2.14. The maximum atomic E-state index is 11.5. The van der Waals surface area contributed by atoms with Gasteiger partial charge in [0, 0.05) is 6.08 Å². The third kappa shape index (κ3) is 20.8. The predicted octanol–water partition coefficient (Wildman–Crippen LogP) is 5.19. The highest BCUT2D eigenvalue weighted by Gasteiger charge is 2.11. The summed E-state index contributed by atoms with van der Waals surface area (Å²) in [5, 5.41) is 8.52. The van der Waals surface area contributed by atoms with E-state index in [0.29, 0.717) is 0 Å². The Hall–Kier alpha value is -1.95. The van der Waals surface area contributed by atoms with Crippen molar-refractivity contribution in [3.05, 3.63) is 24.3 Å². The van der Waals surface area contributed by atoms with Crippen molar-refractivity contribution < 1.29 is 29.0 Å². The molecular formula is C24H40O6. The zero-order valence-corrected chi connectivity index (χ0v) is 18.6. The third-order valence-corrected chi connectivity index (χ3v) is 4.56. The SMILES string of the molecule is CCCCCCCCCCCCCC=CC=CC(=O)OC(=O)CCC(=O)OCCO. The van der Waals surface area contributed by atoms with Gasteiger partial charge in [-0.25, -0.2) is 4.79 Å². The number of hydrogen-bond acceptors (Lipinski definition) is 6. The van der Waals surface area contributed by atoms with Crippen molar-refractivity contribution >= 4 is 17.9 Å². The fourth-order valence-electron chi connectivity index (χ4n) is 2.87. The van der Waals surface area contributed by atoms with E-state index in [9.17, 15) is 14.4 Å². The summed E-state index contributed by atoms with van der Waals surface area (Å²) in [6, 6.07) is 0. The fourth-order valence-corrected chi connectivity index (χ4v) is 2.87. The highest BCUT2D eigenvalue weighted by Crippen LogP contribution is 2.12. The van der Waals surface area contributed by atoms with Gasteiger partial charge in [0.2, 0.25) is 0 Å². The first-order chi connectivity index (χ1) is 14.6. The molecule has 172 valence electrons. The summed E-state index contributed by atoms with van der Waals surface area (Å²) in [4.78, 5) is 34.1. The molecule has 30 heavy (non-hydrogen) atoms. The van der Waals surface area contributed by atoms with Gasteiger partial charge in [-0.15, -0.1) is 0 Å². The minimum Gasteiger partial charge on any atom is -0.463 e. The van der Waals surface area contributed by atoms with Crippen molar-refractivity contribution in [3.63, 3.8) is 0 Å². The number of hydrogen-bond donors (Lipinski definition) is 1. The largest absolute Gasteiger partial charge is 0.463 e. The first kappa shape index (κ1) is 28.1. The summed E-state index contributed by atoms with van der Waals surface area (Å²) in [6.07, 6.45) is 21.5. The summed E-state index contributed by atoms with van der Waals surface area (Å²) in [5.74, 6) is -2.16. The Balaban J connectivity index is 3.56. The van der Waals surface area contributed by atoms with Gasteiger partial charge in [0.1, 0.15) is 6.61 Å². The Labute approximate surface area is 181 Å². The molecule has 0 rings (SSSR count). The summed E-state index contributed by atoms with van der Waals surface area (Å²) in [5.41, 5.74) is 0. The lowest BCUT2D eigenvalue weighted by Gasteiger charge is -2.02. The molecule has 0 atom stereocenters. The lowest BCUT2D eigenvalue weighted by molar-refractivity contribution is -0.158. The summed E-state index contributed by atoms with van der Waals surface area (Å²) >= 11 is 0. The van der Waals surface area contributed by atoms with E-state index in [1.165, 1.54) is 70.3 Å². The van der Waals surface area contributed by atoms with Crippen LogP contribution in [0.5, 0.6) is 0 Å². The molecule has 0 fully saturated rings. The van der Waals surface area contributed by atoms with E-state index in [1.807, 2.05) is 6.08 Å². The first-order valence-electron chi connectivity index (χ1n) is 11.4. The molecule has 0 saturated heterocycles. The Morgan fingerprint density at radius 1 is 0.767 bits per heavy atom. The minimum absolute atomic E-state index is 0.110. The number of carbonyl (C=O) groups excluding carboxylic acids is 3. The Morgan fingerprint density at radius 2 is 1.33 bits per heavy atom. The van der Waals surface area contributed by atoms with E-state index in [0.717, 1.165) is 12.8 Å². The van der Waals surface area contributed by atoms with E-state index < -0.39 is 17.9 Å². The van der Waals surface area contributed by atoms with Crippen molar-refractivity contribution in [3.8, 4) is 0 Å². The molecule has 1 N–H and O–H groups in total. The van der Waals surface area contributed by atoms with Crippen LogP contribution < -0.4 is 0 Å². The van der Waals surface area contributed by atoms with Crippen molar-refractivity contribution in [1.82, 2.24) is 0 Å². The number of esters is 3. The second-order valence-corrected chi connectivity index (χ2v) is 7.35. The summed E-state index contributed by atoms with van der Waals surface area (Å²) < 4.78 is 9.17. The van der Waals surface area contributed by atoms with Crippen LogP contribution in [0.1, 0.15) is 96.8 Å². The van der Waals surface area contributed by atoms with Crippen molar-refractivity contribution in [2.24, 2.45) is 0 Å². The first-order valence-corrected chi connectivity index (χ1v) is 11.4. The van der Waals surface area contributed by atoms with Crippen molar-refractivity contribution in [2.45, 2.75) is 96.8 Å². The van der Waals surface area contributed by atoms with Crippen LogP contribution in [-0.4, -0.2) is 36.2 Å². The average molecular weight is 425 g/mol. The Morgan fingerprint density at radius 3 is 1.93 bits per heavy atom. The molecule has 0 unspecified atom stereocenters. The molecule has 0 aromatic heterocycles. The minimum atomic E-state index is -0.782. The molecule has 0 aliphatic rings. The second kappa shape index (κ2) is 21.8. The number of allylic oxidation sites excluding steroid dienone is 3. The zero-order valence-electron chi connectivity index (χ0n) is 18.6. The molecule has 0 bridgehead atoms. The monoisotopic (exact) mass is 424 g/mol. The molecular weight excluding hydrogens is 384 g/mol. The van der Waals surface area contributed by atoms with Crippen molar-refractivity contribution in [1.29, 1.82) is 0 Å². The third-order valence-electron chi connectivity index (χ3n) is 4.56. The van der Waals surface area contributed by atoms with Gasteiger partial charge in [0.05, 0.1) is 19.4 Å². The van der Waals surface area contributed by atoms with Crippen LogP contribution in [0.2, 0.25) is 0 Å². The van der Waals surface area contributed by atoms with Gasteiger partial charge in [-0.3, -0.25) is 9.59 Å². The number of unbranched alkanes of at least 4 members (excludes halogenated alkanes) is 11. The van der Waals surface area contributed by atoms with Crippen LogP contribution >= 0.6 is 0 Å². The van der Waals surface area contributed by atoms with Crippen LogP contribution in [0.3, 0.4) is 0 Å². The number of aliphatic hydroxyl groups is 1. The van der Waals surface area contributed by atoms with Gasteiger partial charge in [-0.05, 0) is 12.8 Å². The second-order valence-electron chi connectivity index (χ2n) is 7.35. The normalized spacial score (nSPS) is 11.3. The number of carbonyl (C=O) groups is 3. The number of rotatable bonds is 19. The maximum absolute atomic E-state index is 11.5. The molecule has 0 saturated carbocycles. The highest BCUT2D eigenvalue weighted by atomic mass is 16.6. The van der Waals surface area contributed by atoms with Crippen LogP contribution in [0.4, 0.5) is 0 Å². The van der Waals surface area contributed by atoms with Crippen LogP contribution in [0, 0.1) is 0 Å². The topological polar surface area (TPSA) is 89.9 Å². The molecule has 0 aliphatic carbocycles. The van der Waals surface area contributed by atoms with E-state index in [4.69, 9.17) is 5.11 Å². The molecule has 0 aromatic carbocycles. The summed E-state index contributed by atoms with van der Waals surface area (Å²) in [6.45, 7) is 1.86. The van der Waals surface area contributed by atoms with Gasteiger partial charge < -0.3 is 14.6 Å². The predicted molar refractivity (Wildman–Crippen MR) is 118 cm³/mol. The number of ether oxygens (including phenoxy) is 2. The molecule has 0 heterocycles. The Bertz CT molecular complexity index is 510. The van der Waals surface area contributed by atoms with Crippen LogP contribution in [-0.2, 0) is 23.9 Å². The molecule has 0 aromatic rings. The fraction of sp³-hybridized carbons (Fsp3) is 0.708. The zero-order chi connectivity index (χ0) is 22.3. The van der Waals surface area contributed by atoms with Gasteiger partial charge >= 0.3 is 17.9 Å². The van der Waals surface area contributed by atoms with Crippen LogP contribution in [0.15, 0.2) is 24.3 Å². The van der Waals surface area contributed by atoms with Gasteiger partial charge in [-0.1, -0.05) is 89.4 Å². The molecule has 0 amide bonds. The van der Waals surface area contributed by atoms with E-state index in [1.54, 1.807) is 12.2 Å². The lowest BCUT2D eigenvalue weighted by atomic mass is 10.1. The number of aliphatic hydroxyl groups excluding tert-OH is 1. The van der Waals surface area contributed by atoms with E-state index in [2.05, 4.69) is 16.4 Å². The highest BCUT2D eigenvalue weighted by molar-refractivity contribution is 5.93. The maximum Gasteiger partial charge on any atom is 0.338 e. The van der Waals surface area contributed by atoms with Gasteiger partial charge in [0.25, 0.3) is 0 Å². The molecule has 6 nitrogen and oxygen atoms in total. The van der Waals surface area contributed by atoms with Gasteiger partial charge in [-0.2, -0.15) is 0 Å². The van der Waals surface area contributed by atoms with E-state index >= 15 is 0 Å². The standard InChI is InChI=1S/C24H40O6/c1-2-3-4-5-6-7-8-9-10-11-12-13-14-15-16-17-23(27)30-24(28)19-18-22(26)29-21-20-25/h14-17,25H,2-13,18-21H2,1H3. The van der Waals surface area contributed by atoms with Crippen LogP contribution in [0.25, 0.3) is 0 Å². The average Bonchev–Trinajstić information content (AvgIpc) is 2.73.